The van der Waals surface area contributed by atoms with Gasteiger partial charge in [-0.25, -0.2) is 4.79 Å². The van der Waals surface area contributed by atoms with E-state index in [1.807, 2.05) is 36.4 Å². The van der Waals surface area contributed by atoms with Crippen molar-refractivity contribution in [1.82, 2.24) is 5.32 Å². The monoisotopic (exact) mass is 379 g/mol. The van der Waals surface area contributed by atoms with Crippen LogP contribution in [0.15, 0.2) is 77.4 Å². The molecule has 0 aliphatic carbocycles. The first-order valence-electron chi connectivity index (χ1n) is 8.89. The fraction of sp³-hybridized carbons (Fsp3) is 0.182. The molecule has 0 aliphatic heterocycles. The first kappa shape index (κ1) is 19.2. The van der Waals surface area contributed by atoms with Crippen molar-refractivity contribution >= 4 is 11.9 Å². The summed E-state index contributed by atoms with van der Waals surface area (Å²) in [6, 6.07) is 19.5. The minimum atomic E-state index is -0.576. The van der Waals surface area contributed by atoms with Gasteiger partial charge in [0.1, 0.15) is 18.1 Å². The maximum atomic E-state index is 12.4. The Labute approximate surface area is 163 Å². The Morgan fingerprint density at radius 2 is 1.75 bits per heavy atom. The van der Waals surface area contributed by atoms with Gasteiger partial charge in [0.15, 0.2) is 6.61 Å². The molecule has 0 bridgehead atoms. The summed E-state index contributed by atoms with van der Waals surface area (Å²) in [6.07, 6.45) is 1.53. The SMILES string of the molecule is C[C@H](NC(=O)COC(=O)c1ccccc1COc1ccccc1)c1ccco1. The van der Waals surface area contributed by atoms with E-state index in [2.05, 4.69) is 5.32 Å². The fourth-order valence-electron chi connectivity index (χ4n) is 2.62. The molecule has 0 saturated heterocycles. The van der Waals surface area contributed by atoms with Crippen LogP contribution in [0.2, 0.25) is 0 Å². The van der Waals surface area contributed by atoms with Crippen molar-refractivity contribution in [2.75, 3.05) is 6.61 Å². The van der Waals surface area contributed by atoms with Crippen LogP contribution in [0.5, 0.6) is 5.75 Å². The fourth-order valence-corrected chi connectivity index (χ4v) is 2.62. The van der Waals surface area contributed by atoms with Gasteiger partial charge in [-0.1, -0.05) is 36.4 Å². The maximum Gasteiger partial charge on any atom is 0.339 e. The van der Waals surface area contributed by atoms with Gasteiger partial charge in [-0.3, -0.25) is 4.79 Å². The molecule has 6 heteroatoms. The number of nitrogens with one attached hydrogen (secondary N) is 1. The van der Waals surface area contributed by atoms with Crippen LogP contribution in [-0.2, 0) is 16.1 Å². The van der Waals surface area contributed by atoms with Crippen LogP contribution in [0.25, 0.3) is 0 Å². The number of hydrogen-bond donors (Lipinski definition) is 1. The number of furan rings is 1. The Balaban J connectivity index is 1.54. The molecule has 0 unspecified atom stereocenters. The highest BCUT2D eigenvalue weighted by molar-refractivity contribution is 5.92. The van der Waals surface area contributed by atoms with Gasteiger partial charge in [0.25, 0.3) is 5.91 Å². The van der Waals surface area contributed by atoms with Crippen molar-refractivity contribution in [3.8, 4) is 5.75 Å². The third-order valence-electron chi connectivity index (χ3n) is 4.06. The lowest BCUT2D eigenvalue weighted by Crippen LogP contribution is -2.31. The normalized spacial score (nSPS) is 11.5. The highest BCUT2D eigenvalue weighted by Gasteiger charge is 2.16. The van der Waals surface area contributed by atoms with Crippen LogP contribution in [-0.4, -0.2) is 18.5 Å². The molecule has 0 aliphatic rings. The molecular formula is C22H21NO5. The molecule has 0 fully saturated rings. The summed E-state index contributed by atoms with van der Waals surface area (Å²) in [6.45, 7) is 1.63. The molecule has 6 nitrogen and oxygen atoms in total. The van der Waals surface area contributed by atoms with Crippen molar-refractivity contribution < 1.29 is 23.5 Å². The highest BCUT2D eigenvalue weighted by Crippen LogP contribution is 2.16. The molecule has 0 spiro atoms. The van der Waals surface area contributed by atoms with Crippen molar-refractivity contribution in [1.29, 1.82) is 0 Å². The predicted octanol–water partition coefficient (Wildman–Crippen LogP) is 3.89. The van der Waals surface area contributed by atoms with Crippen LogP contribution in [0.4, 0.5) is 0 Å². The first-order valence-corrected chi connectivity index (χ1v) is 8.89. The van der Waals surface area contributed by atoms with E-state index < -0.39 is 11.9 Å². The molecule has 0 saturated carbocycles. The van der Waals surface area contributed by atoms with E-state index in [1.54, 1.807) is 37.3 Å². The summed E-state index contributed by atoms with van der Waals surface area (Å²) in [5, 5.41) is 2.72. The third kappa shape index (κ3) is 5.23. The summed E-state index contributed by atoms with van der Waals surface area (Å²) < 4.78 is 16.1. The van der Waals surface area contributed by atoms with Gasteiger partial charge in [-0.15, -0.1) is 0 Å². The van der Waals surface area contributed by atoms with E-state index in [4.69, 9.17) is 13.9 Å². The number of esters is 1. The van der Waals surface area contributed by atoms with Gasteiger partial charge >= 0.3 is 5.97 Å². The smallest absolute Gasteiger partial charge is 0.339 e. The van der Waals surface area contributed by atoms with Crippen molar-refractivity contribution in [2.24, 2.45) is 0 Å². The standard InChI is InChI=1S/C22H21NO5/c1-16(20-12-7-13-26-20)23-21(24)15-28-22(25)19-11-6-5-8-17(19)14-27-18-9-3-2-4-10-18/h2-13,16H,14-15H2,1H3,(H,23,24)/t16-/m0/s1. The van der Waals surface area contributed by atoms with Gasteiger partial charge in [-0.2, -0.15) is 0 Å². The molecular weight excluding hydrogens is 358 g/mol. The van der Waals surface area contributed by atoms with Gasteiger partial charge in [0.05, 0.1) is 17.9 Å². The van der Waals surface area contributed by atoms with Crippen molar-refractivity contribution in [3.63, 3.8) is 0 Å². The molecule has 1 amide bonds. The average molecular weight is 379 g/mol. The number of hydrogen-bond acceptors (Lipinski definition) is 5. The molecule has 0 radical (unpaired) electrons. The number of carbonyl (C=O) groups excluding carboxylic acids is 2. The lowest BCUT2D eigenvalue weighted by molar-refractivity contribution is -0.125. The lowest BCUT2D eigenvalue weighted by atomic mass is 10.1. The van der Waals surface area contributed by atoms with Gasteiger partial charge in [0, 0.05) is 5.56 Å². The Hall–Kier alpha value is -3.54. The van der Waals surface area contributed by atoms with Crippen LogP contribution >= 0.6 is 0 Å². The third-order valence-corrected chi connectivity index (χ3v) is 4.06. The second-order valence-corrected chi connectivity index (χ2v) is 6.14. The summed E-state index contributed by atoms with van der Waals surface area (Å²) in [5.74, 6) is 0.350. The number of benzene rings is 2. The molecule has 144 valence electrons. The Morgan fingerprint density at radius 3 is 2.50 bits per heavy atom. The second-order valence-electron chi connectivity index (χ2n) is 6.14. The van der Waals surface area contributed by atoms with Crippen LogP contribution in [0.3, 0.4) is 0 Å². The minimum absolute atomic E-state index is 0.219. The molecule has 1 heterocycles. The zero-order valence-electron chi connectivity index (χ0n) is 15.5. The summed E-state index contributed by atoms with van der Waals surface area (Å²) in [7, 11) is 0. The molecule has 1 aromatic heterocycles. The minimum Gasteiger partial charge on any atom is -0.489 e. The van der Waals surface area contributed by atoms with Gasteiger partial charge in [-0.05, 0) is 37.3 Å². The zero-order chi connectivity index (χ0) is 19.8. The highest BCUT2D eigenvalue weighted by atomic mass is 16.5. The van der Waals surface area contributed by atoms with E-state index in [-0.39, 0.29) is 19.3 Å². The van der Waals surface area contributed by atoms with E-state index >= 15 is 0 Å². The quantitative estimate of drug-likeness (QED) is 0.601. The van der Waals surface area contributed by atoms with Crippen molar-refractivity contribution in [2.45, 2.75) is 19.6 Å². The summed E-state index contributed by atoms with van der Waals surface area (Å²) >= 11 is 0. The molecule has 3 aromatic rings. The largest absolute Gasteiger partial charge is 0.489 e. The molecule has 2 aromatic carbocycles. The molecule has 1 N–H and O–H groups in total. The second kappa shape index (κ2) is 9.41. The molecule has 1 atom stereocenters. The predicted molar refractivity (Wildman–Crippen MR) is 103 cm³/mol. The topological polar surface area (TPSA) is 77.8 Å². The number of carbonyl (C=O) groups is 2. The van der Waals surface area contributed by atoms with Gasteiger partial charge in [0.2, 0.25) is 0 Å². The summed E-state index contributed by atoms with van der Waals surface area (Å²) in [5.41, 5.74) is 1.05. The lowest BCUT2D eigenvalue weighted by Gasteiger charge is -2.13. The number of ether oxygens (including phenoxy) is 2. The first-order chi connectivity index (χ1) is 13.6. The van der Waals surface area contributed by atoms with Crippen molar-refractivity contribution in [3.05, 3.63) is 89.9 Å². The number of para-hydroxylation sites is 1. The Morgan fingerprint density at radius 1 is 1.00 bits per heavy atom. The van der Waals surface area contributed by atoms with Crippen LogP contribution < -0.4 is 10.1 Å². The van der Waals surface area contributed by atoms with E-state index in [9.17, 15) is 9.59 Å². The molecule has 28 heavy (non-hydrogen) atoms. The van der Waals surface area contributed by atoms with Crippen LogP contribution in [0.1, 0.15) is 34.6 Å². The van der Waals surface area contributed by atoms with E-state index in [0.29, 0.717) is 22.6 Å². The zero-order valence-corrected chi connectivity index (χ0v) is 15.5. The van der Waals surface area contributed by atoms with E-state index in [0.717, 1.165) is 0 Å². The Kier molecular flexibility index (Phi) is 6.46. The van der Waals surface area contributed by atoms with E-state index in [1.165, 1.54) is 6.26 Å². The maximum absolute atomic E-state index is 12.4. The average Bonchev–Trinajstić information content (AvgIpc) is 3.26. The number of rotatable bonds is 8. The molecule has 3 rings (SSSR count). The Bertz CT molecular complexity index is 906. The van der Waals surface area contributed by atoms with Crippen LogP contribution in [0, 0.1) is 0 Å². The number of amides is 1. The van der Waals surface area contributed by atoms with Gasteiger partial charge < -0.3 is 19.2 Å². The summed E-state index contributed by atoms with van der Waals surface area (Å²) in [4.78, 5) is 24.4.